The van der Waals surface area contributed by atoms with Gasteiger partial charge >= 0.3 is 23.9 Å². The lowest BCUT2D eigenvalue weighted by Gasteiger charge is -2.57. The van der Waals surface area contributed by atoms with Gasteiger partial charge in [0.25, 0.3) is 5.69 Å². The lowest BCUT2D eigenvalue weighted by Crippen LogP contribution is -2.79. The molecule has 1 aromatic heterocycles. The Labute approximate surface area is 249 Å². The van der Waals surface area contributed by atoms with Crippen LogP contribution in [0.3, 0.4) is 0 Å². The molecule has 3 unspecified atom stereocenters. The van der Waals surface area contributed by atoms with Crippen molar-refractivity contribution in [2.24, 2.45) is 5.92 Å². The molecule has 1 aliphatic rings. The number of hydrogen-bond acceptors (Lipinski definition) is 12. The summed E-state index contributed by atoms with van der Waals surface area (Å²) < 4.78 is 28.7. The normalized spacial score (nSPS) is 21.7. The Hall–Kier alpha value is -4.69. The third-order valence-corrected chi connectivity index (χ3v) is 7.10. The van der Waals surface area contributed by atoms with Gasteiger partial charge in [0, 0.05) is 57.1 Å². The molecule has 0 amide bonds. The Morgan fingerprint density at radius 2 is 1.70 bits per heavy atom. The number of carbonyl (C=O) groups excluding carboxylic acids is 4. The number of ether oxygens (including phenoxy) is 5. The van der Waals surface area contributed by atoms with Crippen LogP contribution in [0.15, 0.2) is 48.7 Å². The van der Waals surface area contributed by atoms with Crippen molar-refractivity contribution >= 4 is 52.1 Å². The van der Waals surface area contributed by atoms with Crippen LogP contribution in [-0.4, -0.2) is 69.2 Å². The van der Waals surface area contributed by atoms with E-state index in [1.165, 1.54) is 24.3 Å². The first-order valence-electron chi connectivity index (χ1n) is 12.8. The lowest BCUT2D eigenvalue weighted by molar-refractivity contribution is -0.384. The number of nitro groups is 1. The number of aromatic nitrogens is 1. The second-order valence-corrected chi connectivity index (χ2v) is 10.1. The molecule has 0 saturated heterocycles. The van der Waals surface area contributed by atoms with Crippen LogP contribution in [0.2, 0.25) is 5.02 Å². The molecule has 1 heterocycles. The molecule has 15 heteroatoms. The minimum Gasteiger partial charge on any atom is -0.465 e. The van der Waals surface area contributed by atoms with Gasteiger partial charge in [-0.15, -0.1) is 0 Å². The van der Waals surface area contributed by atoms with E-state index in [2.05, 4.69) is 0 Å². The van der Waals surface area contributed by atoms with Crippen molar-refractivity contribution in [1.29, 1.82) is 0 Å². The molecule has 14 nitrogen and oxygen atoms in total. The zero-order chi connectivity index (χ0) is 31.6. The summed E-state index contributed by atoms with van der Waals surface area (Å²) in [5.74, 6) is -4.52. The maximum absolute atomic E-state index is 12.3. The van der Waals surface area contributed by atoms with E-state index in [0.717, 1.165) is 27.7 Å². The Morgan fingerprint density at radius 3 is 2.28 bits per heavy atom. The van der Waals surface area contributed by atoms with Crippen LogP contribution in [0.4, 0.5) is 5.69 Å². The van der Waals surface area contributed by atoms with Crippen LogP contribution < -0.4 is 4.74 Å². The largest absolute Gasteiger partial charge is 0.465 e. The van der Waals surface area contributed by atoms with Crippen molar-refractivity contribution in [3.8, 4) is 11.4 Å². The number of halogens is 1. The van der Waals surface area contributed by atoms with Crippen molar-refractivity contribution in [2.75, 3.05) is 6.61 Å². The monoisotopic (exact) mass is 618 g/mol. The van der Waals surface area contributed by atoms with Crippen molar-refractivity contribution in [3.63, 3.8) is 0 Å². The topological polar surface area (TPSA) is 183 Å². The summed E-state index contributed by atoms with van der Waals surface area (Å²) in [7, 11) is 0. The van der Waals surface area contributed by atoms with Gasteiger partial charge in [0.1, 0.15) is 12.4 Å². The van der Waals surface area contributed by atoms with Gasteiger partial charge in [-0.2, -0.15) is 0 Å². The highest BCUT2D eigenvalue weighted by molar-refractivity contribution is 6.32. The predicted molar refractivity (Wildman–Crippen MR) is 147 cm³/mol. The molecule has 1 N–H and O–H groups in total. The average Bonchev–Trinajstić information content (AvgIpc) is 3.34. The van der Waals surface area contributed by atoms with Gasteiger partial charge in [0.05, 0.1) is 21.4 Å². The second kappa shape index (κ2) is 12.3. The number of fused-ring (bicyclic) bond motifs is 1. The number of non-ortho nitro benzene ring substituents is 1. The van der Waals surface area contributed by atoms with Crippen molar-refractivity contribution in [2.45, 2.75) is 51.8 Å². The third kappa shape index (κ3) is 6.24. The van der Waals surface area contributed by atoms with Gasteiger partial charge in [0.2, 0.25) is 11.9 Å². The fraction of sp³-hybridized carbons (Fsp3) is 0.357. The molecule has 1 aliphatic carbocycles. The minimum absolute atomic E-state index is 0.00900. The number of esters is 4. The molecular weight excluding hydrogens is 592 g/mol. The Kier molecular flexibility index (Phi) is 8.92. The number of benzene rings is 2. The van der Waals surface area contributed by atoms with Crippen LogP contribution in [-0.2, 0) is 38.1 Å². The molecule has 0 bridgehead atoms. The Morgan fingerprint density at radius 1 is 1.00 bits per heavy atom. The molecule has 4 rings (SSSR count). The SMILES string of the molecule is CC(=O)OCC1[C@@H](OC(C)=O)C(OC(C)=O)C1(OC(C)=O)[C@H](O)Oc1ccc(-n2ccc3cc([N+](=O)[O-])ccc32)cc1Cl. The van der Waals surface area contributed by atoms with E-state index in [1.54, 1.807) is 29.0 Å². The van der Waals surface area contributed by atoms with E-state index >= 15 is 0 Å². The van der Waals surface area contributed by atoms with Crippen LogP contribution >= 0.6 is 11.6 Å². The molecule has 1 saturated carbocycles. The van der Waals surface area contributed by atoms with Crippen molar-refractivity contribution in [1.82, 2.24) is 4.57 Å². The fourth-order valence-electron chi connectivity index (χ4n) is 5.10. The zero-order valence-electron chi connectivity index (χ0n) is 23.3. The first-order chi connectivity index (χ1) is 20.2. The summed E-state index contributed by atoms with van der Waals surface area (Å²) in [5, 5.41) is 23.1. The average molecular weight is 619 g/mol. The molecule has 3 aromatic rings. The smallest absolute Gasteiger partial charge is 0.303 e. The van der Waals surface area contributed by atoms with Gasteiger partial charge in [-0.25, -0.2) is 0 Å². The summed E-state index contributed by atoms with van der Waals surface area (Å²) in [4.78, 5) is 58.3. The van der Waals surface area contributed by atoms with Gasteiger partial charge in [-0.3, -0.25) is 29.3 Å². The van der Waals surface area contributed by atoms with E-state index in [0.29, 0.717) is 16.6 Å². The molecule has 43 heavy (non-hydrogen) atoms. The summed E-state index contributed by atoms with van der Waals surface area (Å²) in [5.41, 5.74) is -1.03. The Bertz CT molecular complexity index is 1600. The lowest BCUT2D eigenvalue weighted by atomic mass is 9.63. The number of hydrogen-bond donors (Lipinski definition) is 1. The molecule has 0 radical (unpaired) electrons. The number of nitrogens with zero attached hydrogens (tertiary/aromatic N) is 2. The summed E-state index contributed by atoms with van der Waals surface area (Å²) in [6.45, 7) is 3.83. The molecule has 1 fully saturated rings. The second-order valence-electron chi connectivity index (χ2n) is 9.73. The molecule has 0 spiro atoms. The van der Waals surface area contributed by atoms with Crippen LogP contribution in [0.5, 0.6) is 5.75 Å². The van der Waals surface area contributed by atoms with Crippen LogP contribution in [0, 0.1) is 16.0 Å². The maximum atomic E-state index is 12.3. The summed E-state index contributed by atoms with van der Waals surface area (Å²) in [6.07, 6.45) is -3.18. The number of aliphatic hydroxyl groups is 1. The number of rotatable bonds is 10. The van der Waals surface area contributed by atoms with Gasteiger partial charge in [-0.05, 0) is 30.3 Å². The first-order valence-corrected chi connectivity index (χ1v) is 13.2. The van der Waals surface area contributed by atoms with Crippen molar-refractivity contribution < 1.29 is 52.9 Å². The fourth-order valence-corrected chi connectivity index (χ4v) is 5.31. The van der Waals surface area contributed by atoms with Crippen LogP contribution in [0.1, 0.15) is 27.7 Å². The first kappa shape index (κ1) is 31.3. The van der Waals surface area contributed by atoms with E-state index in [9.17, 15) is 34.4 Å². The van der Waals surface area contributed by atoms with E-state index in [-0.39, 0.29) is 16.5 Å². The van der Waals surface area contributed by atoms with Gasteiger partial charge in [0.15, 0.2) is 12.2 Å². The number of aliphatic hydroxyl groups excluding tert-OH is 1. The zero-order valence-corrected chi connectivity index (χ0v) is 24.1. The van der Waals surface area contributed by atoms with E-state index < -0.39 is 65.4 Å². The highest BCUT2D eigenvalue weighted by atomic mass is 35.5. The van der Waals surface area contributed by atoms with Gasteiger partial charge in [-0.1, -0.05) is 11.6 Å². The highest BCUT2D eigenvalue weighted by Gasteiger charge is 2.74. The maximum Gasteiger partial charge on any atom is 0.303 e. The molecule has 228 valence electrons. The standard InChI is InChI=1S/C28H27ClN2O12/c1-14(32)39-13-21-25(40-15(2)33)26(41-16(3)34)28(21,43-17(4)35)27(36)42-24-8-6-19(12-22(24)29)30-10-9-18-11-20(31(37)38)5-7-23(18)30/h5-12,21,25-27,36H,13H2,1-4H3/t21?,25-,26?,27-,28?/m1/s1. The minimum atomic E-state index is -2.18. The highest BCUT2D eigenvalue weighted by Crippen LogP contribution is 2.50. The van der Waals surface area contributed by atoms with Gasteiger partial charge < -0.3 is 33.4 Å². The Balaban J connectivity index is 1.69. The molecule has 5 atom stereocenters. The summed E-state index contributed by atoms with van der Waals surface area (Å²) >= 11 is 6.51. The van der Waals surface area contributed by atoms with E-state index in [4.69, 9.17) is 35.3 Å². The molecule has 0 aliphatic heterocycles. The quantitative estimate of drug-likeness (QED) is 0.115. The van der Waals surface area contributed by atoms with Crippen molar-refractivity contribution in [3.05, 3.63) is 63.8 Å². The molecular formula is C28H27ClN2O12. The van der Waals surface area contributed by atoms with E-state index in [1.807, 2.05) is 0 Å². The number of nitro benzene ring substituents is 1. The number of carbonyl (C=O) groups is 4. The van der Waals surface area contributed by atoms with Crippen LogP contribution in [0.25, 0.3) is 16.6 Å². The third-order valence-electron chi connectivity index (χ3n) is 6.80. The predicted octanol–water partition coefficient (Wildman–Crippen LogP) is 3.25. The summed E-state index contributed by atoms with van der Waals surface area (Å²) in [6, 6.07) is 10.6. The molecule has 2 aromatic carbocycles.